The van der Waals surface area contributed by atoms with Crippen molar-refractivity contribution >= 4 is 52.3 Å². The molecule has 0 bridgehead atoms. The third-order valence-electron chi connectivity index (χ3n) is 3.60. The first-order valence-corrected chi connectivity index (χ1v) is 10.8. The fraction of sp³-hybridized carbons (Fsp3) is 0.0667. The molecule has 126 valence electrons. The van der Waals surface area contributed by atoms with Crippen LogP contribution < -0.4 is 0 Å². The molecule has 3 rings (SSSR count). The first kappa shape index (κ1) is 17.3. The average molecular weight is 404 g/mol. The van der Waals surface area contributed by atoms with Crippen LogP contribution in [0.3, 0.4) is 0 Å². The van der Waals surface area contributed by atoms with Gasteiger partial charge in [-0.3, -0.25) is 0 Å². The molecule has 0 unspecified atom stereocenters. The van der Waals surface area contributed by atoms with Crippen LogP contribution in [0.15, 0.2) is 58.5 Å². The number of fused-ring (bicyclic) bond motifs is 1. The quantitative estimate of drug-likeness (QED) is 0.623. The molecule has 0 amide bonds. The molecule has 2 aromatic carbocycles. The lowest BCUT2D eigenvalue weighted by Crippen LogP contribution is -2.17. The summed E-state index contributed by atoms with van der Waals surface area (Å²) in [6.45, 7) is 1.49. The van der Waals surface area contributed by atoms with Gasteiger partial charge < -0.3 is 0 Å². The van der Waals surface area contributed by atoms with Gasteiger partial charge in [-0.05, 0) is 42.8 Å². The van der Waals surface area contributed by atoms with E-state index in [4.69, 9.17) is 22.3 Å². The van der Waals surface area contributed by atoms with Crippen molar-refractivity contribution in [3.8, 4) is 0 Å². The number of halogens is 2. The first-order chi connectivity index (χ1) is 11.1. The van der Waals surface area contributed by atoms with E-state index < -0.39 is 24.1 Å². The molecule has 0 aliphatic heterocycles. The van der Waals surface area contributed by atoms with Gasteiger partial charge in [-0.25, -0.2) is 20.8 Å². The minimum atomic E-state index is -4.32. The monoisotopic (exact) mass is 403 g/mol. The summed E-state index contributed by atoms with van der Waals surface area (Å²) < 4.78 is 50.9. The minimum Gasteiger partial charge on any atom is -0.221 e. The molecular weight excluding hydrogens is 393 g/mol. The maximum atomic E-state index is 13.0. The molecule has 24 heavy (non-hydrogen) atoms. The molecule has 0 radical (unpaired) electrons. The van der Waals surface area contributed by atoms with E-state index in [0.717, 1.165) is 3.97 Å². The maximum absolute atomic E-state index is 13.0. The Labute approximate surface area is 148 Å². The van der Waals surface area contributed by atoms with E-state index >= 15 is 0 Å². The molecule has 1 aromatic heterocycles. The van der Waals surface area contributed by atoms with Crippen LogP contribution in [0, 0.1) is 6.92 Å². The van der Waals surface area contributed by atoms with E-state index in [9.17, 15) is 16.8 Å². The summed E-state index contributed by atoms with van der Waals surface area (Å²) in [7, 11) is -2.95. The normalized spacial score (nSPS) is 12.6. The molecule has 1 heterocycles. The standard InChI is InChI=1S/C15H11Cl2NO4S2/c1-10-13-9-11(16)7-8-14(13)18(15(10)23(17,19)20)24(21,22)12-5-3-2-4-6-12/h2-9H,1H3. The van der Waals surface area contributed by atoms with Crippen molar-refractivity contribution in [2.75, 3.05) is 0 Å². The minimum absolute atomic E-state index is 0.0431. The first-order valence-electron chi connectivity index (χ1n) is 6.70. The van der Waals surface area contributed by atoms with Gasteiger partial charge in [0.1, 0.15) is 0 Å². The van der Waals surface area contributed by atoms with Crippen LogP contribution in [0.1, 0.15) is 5.56 Å². The molecule has 5 nitrogen and oxygen atoms in total. The Morgan fingerprint density at radius 2 is 1.58 bits per heavy atom. The second-order valence-corrected chi connectivity index (χ2v) is 9.82. The van der Waals surface area contributed by atoms with Gasteiger partial charge in [0.2, 0.25) is 0 Å². The van der Waals surface area contributed by atoms with Gasteiger partial charge in [-0.2, -0.15) is 0 Å². The highest BCUT2D eigenvalue weighted by molar-refractivity contribution is 8.14. The summed E-state index contributed by atoms with van der Waals surface area (Å²) in [5.74, 6) is 0. The predicted molar refractivity (Wildman–Crippen MR) is 93.7 cm³/mol. The Morgan fingerprint density at radius 3 is 2.17 bits per heavy atom. The molecule has 0 aliphatic carbocycles. The van der Waals surface area contributed by atoms with Crippen molar-refractivity contribution in [3.63, 3.8) is 0 Å². The van der Waals surface area contributed by atoms with Gasteiger partial charge in [-0.15, -0.1) is 0 Å². The van der Waals surface area contributed by atoms with E-state index in [1.807, 2.05) is 0 Å². The van der Waals surface area contributed by atoms with Crippen LogP contribution >= 0.6 is 22.3 Å². The lowest BCUT2D eigenvalue weighted by atomic mass is 10.2. The third kappa shape index (κ3) is 2.71. The van der Waals surface area contributed by atoms with Crippen LogP contribution in [0.2, 0.25) is 5.02 Å². The maximum Gasteiger partial charge on any atom is 0.278 e. The van der Waals surface area contributed by atoms with E-state index in [0.29, 0.717) is 10.4 Å². The predicted octanol–water partition coefficient (Wildman–Crippen LogP) is 3.77. The van der Waals surface area contributed by atoms with Crippen molar-refractivity contribution in [1.29, 1.82) is 0 Å². The highest BCUT2D eigenvalue weighted by atomic mass is 35.7. The molecular formula is C15H11Cl2NO4S2. The van der Waals surface area contributed by atoms with E-state index in [1.54, 1.807) is 18.2 Å². The highest BCUT2D eigenvalue weighted by Gasteiger charge is 2.31. The van der Waals surface area contributed by atoms with E-state index in [-0.39, 0.29) is 16.0 Å². The van der Waals surface area contributed by atoms with Crippen LogP contribution in [-0.2, 0) is 19.1 Å². The van der Waals surface area contributed by atoms with E-state index in [2.05, 4.69) is 0 Å². The number of aryl methyl sites for hydroxylation is 1. The van der Waals surface area contributed by atoms with Crippen molar-refractivity contribution in [2.45, 2.75) is 16.8 Å². The lowest BCUT2D eigenvalue weighted by Gasteiger charge is -2.10. The van der Waals surface area contributed by atoms with Crippen LogP contribution in [0.5, 0.6) is 0 Å². The number of benzene rings is 2. The molecule has 0 saturated heterocycles. The molecule has 0 spiro atoms. The van der Waals surface area contributed by atoms with Crippen molar-refractivity contribution in [3.05, 3.63) is 59.1 Å². The Balaban J connectivity index is 2.53. The molecule has 0 saturated carbocycles. The molecule has 0 atom stereocenters. The zero-order valence-electron chi connectivity index (χ0n) is 12.3. The molecule has 0 N–H and O–H groups in total. The lowest BCUT2D eigenvalue weighted by molar-refractivity contribution is 0.578. The van der Waals surface area contributed by atoms with Gasteiger partial charge in [0.05, 0.1) is 10.4 Å². The van der Waals surface area contributed by atoms with Crippen molar-refractivity contribution in [1.82, 2.24) is 3.97 Å². The largest absolute Gasteiger partial charge is 0.278 e. The van der Waals surface area contributed by atoms with Crippen LogP contribution in [0.25, 0.3) is 10.9 Å². The summed E-state index contributed by atoms with van der Waals surface area (Å²) >= 11 is 5.96. The third-order valence-corrected chi connectivity index (χ3v) is 7.07. The van der Waals surface area contributed by atoms with Gasteiger partial charge in [0.15, 0.2) is 5.03 Å². The fourth-order valence-corrected chi connectivity index (χ4v) is 6.28. The summed E-state index contributed by atoms with van der Waals surface area (Å²) in [6.07, 6.45) is 0. The van der Waals surface area contributed by atoms with Crippen LogP contribution in [-0.4, -0.2) is 20.8 Å². The molecule has 9 heteroatoms. The SMILES string of the molecule is Cc1c(S(=O)(=O)Cl)n(S(=O)(=O)c2ccccc2)c2ccc(Cl)cc12. The van der Waals surface area contributed by atoms with Gasteiger partial charge in [0, 0.05) is 21.1 Å². The second-order valence-electron chi connectivity index (χ2n) is 5.11. The molecule has 3 aromatic rings. The number of hydrogen-bond acceptors (Lipinski definition) is 4. The van der Waals surface area contributed by atoms with E-state index in [1.165, 1.54) is 37.3 Å². The number of aromatic nitrogens is 1. The van der Waals surface area contributed by atoms with Gasteiger partial charge >= 0.3 is 0 Å². The number of rotatable bonds is 3. The average Bonchev–Trinajstić information content (AvgIpc) is 2.81. The number of hydrogen-bond donors (Lipinski definition) is 0. The zero-order chi connectivity index (χ0) is 17.7. The number of nitrogens with zero attached hydrogens (tertiary/aromatic N) is 1. The van der Waals surface area contributed by atoms with Crippen LogP contribution in [0.4, 0.5) is 0 Å². The van der Waals surface area contributed by atoms with Crippen molar-refractivity contribution < 1.29 is 16.8 Å². The summed E-state index contributed by atoms with van der Waals surface area (Å²) in [6, 6.07) is 12.0. The fourth-order valence-electron chi connectivity index (χ4n) is 2.58. The van der Waals surface area contributed by atoms with Gasteiger partial charge in [-0.1, -0.05) is 29.8 Å². The van der Waals surface area contributed by atoms with Crippen molar-refractivity contribution in [2.24, 2.45) is 0 Å². The highest BCUT2D eigenvalue weighted by Crippen LogP contribution is 2.35. The summed E-state index contributed by atoms with van der Waals surface area (Å²) in [4.78, 5) is -0.0431. The Bertz CT molecular complexity index is 1150. The Hall–Kier alpha value is -1.54. The summed E-state index contributed by atoms with van der Waals surface area (Å²) in [5, 5.41) is 0.282. The topological polar surface area (TPSA) is 73.2 Å². The Morgan fingerprint density at radius 1 is 0.958 bits per heavy atom. The summed E-state index contributed by atoms with van der Waals surface area (Å²) in [5.41, 5.74) is 0.419. The second kappa shape index (κ2) is 5.77. The molecule has 0 aliphatic rings. The Kier molecular flexibility index (Phi) is 4.16. The smallest absolute Gasteiger partial charge is 0.221 e. The molecule has 0 fully saturated rings. The zero-order valence-corrected chi connectivity index (χ0v) is 15.4. The van der Waals surface area contributed by atoms with Gasteiger partial charge in [0.25, 0.3) is 19.1 Å².